The molecule has 1 aromatic heterocycles. The van der Waals surface area contributed by atoms with Gasteiger partial charge in [0.1, 0.15) is 0 Å². The van der Waals surface area contributed by atoms with E-state index in [9.17, 15) is 0 Å². The van der Waals surface area contributed by atoms with Gasteiger partial charge in [0, 0.05) is 30.6 Å². The Morgan fingerprint density at radius 1 is 1.53 bits per heavy atom. The first-order chi connectivity index (χ1) is 8.11. The molecule has 1 aromatic rings. The lowest BCUT2D eigenvalue weighted by Crippen LogP contribution is -2.54. The number of likely N-dealkylation sites (N-methyl/N-ethyl adjacent to an activating group) is 2. The molecule has 1 aliphatic rings. The van der Waals surface area contributed by atoms with Crippen molar-refractivity contribution in [2.24, 2.45) is 0 Å². The molecular weight excluding hydrogens is 230 g/mol. The second kappa shape index (κ2) is 5.48. The molecule has 1 N–H and O–H groups in total. The van der Waals surface area contributed by atoms with E-state index in [1.807, 2.05) is 11.3 Å². The van der Waals surface area contributed by atoms with Crippen LogP contribution in [0.15, 0.2) is 11.4 Å². The number of aryl methyl sites for hydroxylation is 1. The van der Waals surface area contributed by atoms with Crippen LogP contribution in [0.5, 0.6) is 0 Å². The van der Waals surface area contributed by atoms with E-state index in [0.29, 0.717) is 12.1 Å². The Kier molecular flexibility index (Phi) is 4.20. The van der Waals surface area contributed by atoms with Crippen LogP contribution in [-0.2, 0) is 0 Å². The van der Waals surface area contributed by atoms with E-state index >= 15 is 0 Å². The molecule has 0 aliphatic carbocycles. The van der Waals surface area contributed by atoms with E-state index in [1.54, 1.807) is 0 Å². The van der Waals surface area contributed by atoms with Gasteiger partial charge in [-0.2, -0.15) is 0 Å². The summed E-state index contributed by atoms with van der Waals surface area (Å²) in [4.78, 5) is 6.35. The SMILES string of the molecule is Cc1ccsc1C(C1CNCCN1C)N(C)C. The summed E-state index contributed by atoms with van der Waals surface area (Å²) in [6.07, 6.45) is 0. The summed E-state index contributed by atoms with van der Waals surface area (Å²) in [5, 5.41) is 5.72. The van der Waals surface area contributed by atoms with Crippen LogP contribution in [0.25, 0.3) is 0 Å². The quantitative estimate of drug-likeness (QED) is 0.882. The normalized spacial score (nSPS) is 24.2. The first-order valence-corrected chi connectivity index (χ1v) is 7.10. The number of nitrogens with zero attached hydrogens (tertiary/aromatic N) is 2. The molecule has 96 valence electrons. The Labute approximate surface area is 108 Å². The van der Waals surface area contributed by atoms with Crippen molar-refractivity contribution < 1.29 is 0 Å². The zero-order valence-corrected chi connectivity index (χ0v) is 12.0. The topological polar surface area (TPSA) is 18.5 Å². The molecule has 1 fully saturated rings. The van der Waals surface area contributed by atoms with Gasteiger partial charge in [0.2, 0.25) is 0 Å². The van der Waals surface area contributed by atoms with Crippen molar-refractivity contribution in [3.63, 3.8) is 0 Å². The van der Waals surface area contributed by atoms with Crippen LogP contribution in [0, 0.1) is 6.92 Å². The Hall–Kier alpha value is -0.420. The summed E-state index contributed by atoms with van der Waals surface area (Å²) in [7, 11) is 6.61. The van der Waals surface area contributed by atoms with Gasteiger partial charge < -0.3 is 10.2 Å². The van der Waals surface area contributed by atoms with Crippen LogP contribution in [-0.4, -0.2) is 56.6 Å². The van der Waals surface area contributed by atoms with Gasteiger partial charge in [-0.1, -0.05) is 0 Å². The molecule has 2 unspecified atom stereocenters. The van der Waals surface area contributed by atoms with E-state index in [0.717, 1.165) is 19.6 Å². The molecule has 0 amide bonds. The smallest absolute Gasteiger partial charge is 0.0607 e. The molecule has 3 nitrogen and oxygen atoms in total. The van der Waals surface area contributed by atoms with Gasteiger partial charge in [0.15, 0.2) is 0 Å². The molecule has 0 radical (unpaired) electrons. The number of hydrogen-bond donors (Lipinski definition) is 1. The van der Waals surface area contributed by atoms with Crippen molar-refractivity contribution in [3.8, 4) is 0 Å². The van der Waals surface area contributed by atoms with Crippen LogP contribution in [0.3, 0.4) is 0 Å². The number of piperazine rings is 1. The number of rotatable bonds is 3. The Balaban J connectivity index is 2.25. The minimum absolute atomic E-state index is 0.493. The first-order valence-electron chi connectivity index (χ1n) is 6.22. The lowest BCUT2D eigenvalue weighted by atomic mass is 10.00. The maximum Gasteiger partial charge on any atom is 0.0607 e. The molecule has 2 heterocycles. The number of thiophene rings is 1. The van der Waals surface area contributed by atoms with E-state index in [1.165, 1.54) is 10.4 Å². The Bertz CT molecular complexity index is 361. The summed E-state index contributed by atoms with van der Waals surface area (Å²) in [6.45, 7) is 5.55. The minimum Gasteiger partial charge on any atom is -0.314 e. The van der Waals surface area contributed by atoms with Crippen LogP contribution < -0.4 is 5.32 Å². The number of nitrogens with one attached hydrogen (secondary N) is 1. The largest absolute Gasteiger partial charge is 0.314 e. The highest BCUT2D eigenvalue weighted by atomic mass is 32.1. The molecule has 0 aromatic carbocycles. The lowest BCUT2D eigenvalue weighted by Gasteiger charge is -2.41. The molecule has 1 saturated heterocycles. The van der Waals surface area contributed by atoms with E-state index < -0.39 is 0 Å². The fourth-order valence-corrected chi connectivity index (χ4v) is 3.80. The predicted molar refractivity (Wildman–Crippen MR) is 74.8 cm³/mol. The van der Waals surface area contributed by atoms with E-state index in [-0.39, 0.29) is 0 Å². The zero-order chi connectivity index (χ0) is 12.4. The monoisotopic (exact) mass is 253 g/mol. The molecule has 0 bridgehead atoms. The van der Waals surface area contributed by atoms with E-state index in [2.05, 4.69) is 54.6 Å². The third-order valence-electron chi connectivity index (χ3n) is 3.65. The average molecular weight is 253 g/mol. The highest BCUT2D eigenvalue weighted by Gasteiger charge is 2.31. The summed E-state index contributed by atoms with van der Waals surface area (Å²) in [5.41, 5.74) is 1.42. The van der Waals surface area contributed by atoms with Crippen LogP contribution in [0.2, 0.25) is 0 Å². The summed E-state index contributed by atoms with van der Waals surface area (Å²) < 4.78 is 0. The zero-order valence-electron chi connectivity index (χ0n) is 11.2. The molecule has 2 atom stereocenters. The van der Waals surface area contributed by atoms with Gasteiger partial charge in [0.05, 0.1) is 6.04 Å². The Morgan fingerprint density at radius 3 is 2.82 bits per heavy atom. The van der Waals surface area contributed by atoms with Gasteiger partial charge in [-0.3, -0.25) is 4.90 Å². The molecule has 4 heteroatoms. The van der Waals surface area contributed by atoms with Crippen molar-refractivity contribution in [2.75, 3.05) is 40.8 Å². The molecule has 0 spiro atoms. The molecule has 0 saturated carbocycles. The predicted octanol–water partition coefficient (Wildman–Crippen LogP) is 1.56. The van der Waals surface area contributed by atoms with Crippen molar-refractivity contribution in [1.82, 2.24) is 15.1 Å². The third-order valence-corrected chi connectivity index (χ3v) is 4.74. The number of hydrogen-bond acceptors (Lipinski definition) is 4. The summed E-state index contributed by atoms with van der Waals surface area (Å²) >= 11 is 1.89. The first kappa shape index (κ1) is 13.0. The Morgan fingerprint density at radius 2 is 2.29 bits per heavy atom. The van der Waals surface area contributed by atoms with E-state index in [4.69, 9.17) is 0 Å². The van der Waals surface area contributed by atoms with Gasteiger partial charge in [0.25, 0.3) is 0 Å². The summed E-state index contributed by atoms with van der Waals surface area (Å²) in [6, 6.07) is 3.29. The van der Waals surface area contributed by atoms with Gasteiger partial charge >= 0.3 is 0 Å². The third kappa shape index (κ3) is 2.71. The van der Waals surface area contributed by atoms with Crippen molar-refractivity contribution in [3.05, 3.63) is 21.9 Å². The van der Waals surface area contributed by atoms with Crippen LogP contribution >= 0.6 is 11.3 Å². The highest BCUT2D eigenvalue weighted by Crippen LogP contribution is 2.32. The lowest BCUT2D eigenvalue weighted by molar-refractivity contribution is 0.109. The van der Waals surface area contributed by atoms with Gasteiger partial charge in [-0.25, -0.2) is 0 Å². The second-order valence-electron chi connectivity index (χ2n) is 5.13. The maximum atomic E-state index is 3.52. The molecular formula is C13H23N3S. The fourth-order valence-electron chi connectivity index (χ4n) is 2.62. The molecule has 17 heavy (non-hydrogen) atoms. The molecule has 2 rings (SSSR count). The van der Waals surface area contributed by atoms with Crippen LogP contribution in [0.4, 0.5) is 0 Å². The van der Waals surface area contributed by atoms with Crippen LogP contribution in [0.1, 0.15) is 16.5 Å². The van der Waals surface area contributed by atoms with Gasteiger partial charge in [-0.15, -0.1) is 11.3 Å². The maximum absolute atomic E-state index is 3.52. The standard InChI is InChI=1S/C13H23N3S/c1-10-5-8-17-13(10)12(15(2)3)11-9-14-6-7-16(11)4/h5,8,11-12,14H,6-7,9H2,1-4H3. The fraction of sp³-hybridized carbons (Fsp3) is 0.692. The van der Waals surface area contributed by atoms with Crippen molar-refractivity contribution in [2.45, 2.75) is 19.0 Å². The van der Waals surface area contributed by atoms with Crippen molar-refractivity contribution >= 4 is 11.3 Å². The van der Waals surface area contributed by atoms with Crippen molar-refractivity contribution in [1.29, 1.82) is 0 Å². The highest BCUT2D eigenvalue weighted by molar-refractivity contribution is 7.10. The second-order valence-corrected chi connectivity index (χ2v) is 6.08. The summed E-state index contributed by atoms with van der Waals surface area (Å²) in [5.74, 6) is 0. The van der Waals surface area contributed by atoms with Gasteiger partial charge in [-0.05, 0) is 45.1 Å². The molecule has 1 aliphatic heterocycles. The minimum atomic E-state index is 0.493. The average Bonchev–Trinajstić information content (AvgIpc) is 2.68.